The highest BCUT2D eigenvalue weighted by Crippen LogP contribution is 2.21. The van der Waals surface area contributed by atoms with E-state index in [1.807, 2.05) is 0 Å². The second-order valence-electron chi connectivity index (χ2n) is 4.50. The maximum absolute atomic E-state index is 4.74. The number of hydrogen-bond donors (Lipinski definition) is 0. The molecule has 78 valence electrons. The van der Waals surface area contributed by atoms with Crippen LogP contribution in [0.5, 0.6) is 0 Å². The standard InChI is InChI=1S/C13H16N2/c1-10-7-8-15-12-6-4-2-3-5-11(12)14-13(15)9-10/h7-9H,2-6H2,1H3. The monoisotopic (exact) mass is 200 g/mol. The minimum absolute atomic E-state index is 1.13. The fourth-order valence-corrected chi connectivity index (χ4v) is 2.47. The van der Waals surface area contributed by atoms with Crippen LogP contribution in [0.1, 0.15) is 36.2 Å². The molecule has 0 bridgehead atoms. The smallest absolute Gasteiger partial charge is 0.137 e. The fraction of sp³-hybridized carbons (Fsp3) is 0.462. The van der Waals surface area contributed by atoms with Crippen LogP contribution in [0, 0.1) is 6.92 Å². The predicted octanol–water partition coefficient (Wildman–Crippen LogP) is 2.91. The number of imidazole rings is 1. The fourth-order valence-electron chi connectivity index (χ4n) is 2.47. The topological polar surface area (TPSA) is 17.3 Å². The van der Waals surface area contributed by atoms with Crippen molar-refractivity contribution in [2.24, 2.45) is 0 Å². The van der Waals surface area contributed by atoms with E-state index in [-0.39, 0.29) is 0 Å². The van der Waals surface area contributed by atoms with E-state index in [1.165, 1.54) is 42.6 Å². The lowest BCUT2D eigenvalue weighted by Gasteiger charge is -2.00. The third-order valence-corrected chi connectivity index (χ3v) is 3.29. The minimum Gasteiger partial charge on any atom is -0.304 e. The van der Waals surface area contributed by atoms with Crippen LogP contribution >= 0.6 is 0 Å². The molecule has 2 nitrogen and oxygen atoms in total. The van der Waals surface area contributed by atoms with Crippen molar-refractivity contribution in [1.82, 2.24) is 9.38 Å². The first-order chi connectivity index (χ1) is 7.34. The lowest BCUT2D eigenvalue weighted by molar-refractivity contribution is 0.701. The van der Waals surface area contributed by atoms with Gasteiger partial charge in [-0.25, -0.2) is 4.98 Å². The normalized spacial score (nSPS) is 16.3. The van der Waals surface area contributed by atoms with E-state index in [1.54, 1.807) is 0 Å². The van der Waals surface area contributed by atoms with E-state index in [0.717, 1.165) is 12.1 Å². The van der Waals surface area contributed by atoms with Gasteiger partial charge in [-0.2, -0.15) is 0 Å². The van der Waals surface area contributed by atoms with Crippen molar-refractivity contribution in [3.05, 3.63) is 35.3 Å². The van der Waals surface area contributed by atoms with Crippen LogP contribution in [0.25, 0.3) is 5.65 Å². The van der Waals surface area contributed by atoms with Gasteiger partial charge in [-0.05, 0) is 50.3 Å². The molecule has 0 unspecified atom stereocenters. The summed E-state index contributed by atoms with van der Waals surface area (Å²) in [6.45, 7) is 2.12. The SMILES string of the molecule is Cc1ccn2c3c(nc2c1)CCCCC3. The van der Waals surface area contributed by atoms with E-state index in [0.29, 0.717) is 0 Å². The van der Waals surface area contributed by atoms with Crippen molar-refractivity contribution in [3.63, 3.8) is 0 Å². The Balaban J connectivity index is 2.23. The molecule has 2 aromatic heterocycles. The summed E-state index contributed by atoms with van der Waals surface area (Å²) in [4.78, 5) is 4.74. The number of fused-ring (bicyclic) bond motifs is 3. The molecule has 0 aliphatic heterocycles. The van der Waals surface area contributed by atoms with Crippen LogP contribution < -0.4 is 0 Å². The molecule has 0 radical (unpaired) electrons. The highest BCUT2D eigenvalue weighted by atomic mass is 15.0. The molecule has 1 aliphatic rings. The van der Waals surface area contributed by atoms with E-state index in [2.05, 4.69) is 29.7 Å². The summed E-state index contributed by atoms with van der Waals surface area (Å²) >= 11 is 0. The molecular formula is C13H16N2. The van der Waals surface area contributed by atoms with Crippen LogP contribution in [0.3, 0.4) is 0 Å². The molecule has 0 saturated heterocycles. The summed E-state index contributed by atoms with van der Waals surface area (Å²) in [5.41, 5.74) is 5.20. The summed E-state index contributed by atoms with van der Waals surface area (Å²) in [7, 11) is 0. The lowest BCUT2D eigenvalue weighted by Crippen LogP contribution is -1.94. The molecule has 3 rings (SSSR count). The second-order valence-corrected chi connectivity index (χ2v) is 4.50. The van der Waals surface area contributed by atoms with Crippen molar-refractivity contribution in [2.75, 3.05) is 0 Å². The lowest BCUT2D eigenvalue weighted by atomic mass is 10.2. The molecule has 0 fully saturated rings. The van der Waals surface area contributed by atoms with Gasteiger partial charge in [0.15, 0.2) is 0 Å². The molecule has 2 heterocycles. The molecule has 0 spiro atoms. The van der Waals surface area contributed by atoms with Crippen molar-refractivity contribution in [3.8, 4) is 0 Å². The Morgan fingerprint density at radius 2 is 2.07 bits per heavy atom. The zero-order chi connectivity index (χ0) is 10.3. The minimum atomic E-state index is 1.13. The van der Waals surface area contributed by atoms with Gasteiger partial charge >= 0.3 is 0 Å². The average molecular weight is 200 g/mol. The van der Waals surface area contributed by atoms with Gasteiger partial charge in [0.2, 0.25) is 0 Å². The number of rotatable bonds is 0. The van der Waals surface area contributed by atoms with E-state index in [9.17, 15) is 0 Å². The van der Waals surface area contributed by atoms with Gasteiger partial charge < -0.3 is 4.40 Å². The first kappa shape index (κ1) is 8.96. The van der Waals surface area contributed by atoms with Crippen LogP contribution in [-0.4, -0.2) is 9.38 Å². The van der Waals surface area contributed by atoms with Crippen molar-refractivity contribution >= 4 is 5.65 Å². The molecule has 0 saturated carbocycles. The molecule has 0 atom stereocenters. The molecular weight excluding hydrogens is 184 g/mol. The van der Waals surface area contributed by atoms with Gasteiger partial charge in [-0.1, -0.05) is 6.42 Å². The maximum Gasteiger partial charge on any atom is 0.137 e. The Kier molecular flexibility index (Phi) is 2.01. The van der Waals surface area contributed by atoms with Crippen LogP contribution in [0.15, 0.2) is 18.3 Å². The molecule has 0 N–H and O–H groups in total. The number of aromatic nitrogens is 2. The summed E-state index contributed by atoms with van der Waals surface area (Å²) in [5, 5.41) is 0. The van der Waals surface area contributed by atoms with Gasteiger partial charge in [-0.15, -0.1) is 0 Å². The molecule has 15 heavy (non-hydrogen) atoms. The molecule has 1 aliphatic carbocycles. The van der Waals surface area contributed by atoms with Crippen molar-refractivity contribution < 1.29 is 0 Å². The number of hydrogen-bond acceptors (Lipinski definition) is 1. The van der Waals surface area contributed by atoms with E-state index >= 15 is 0 Å². The predicted molar refractivity (Wildman–Crippen MR) is 61.2 cm³/mol. The van der Waals surface area contributed by atoms with Crippen LogP contribution in [0.2, 0.25) is 0 Å². The second kappa shape index (κ2) is 3.37. The average Bonchev–Trinajstić information content (AvgIpc) is 2.42. The number of pyridine rings is 1. The third-order valence-electron chi connectivity index (χ3n) is 3.29. The Bertz CT molecular complexity index is 496. The summed E-state index contributed by atoms with van der Waals surface area (Å²) in [6.07, 6.45) is 8.49. The van der Waals surface area contributed by atoms with Gasteiger partial charge in [-0.3, -0.25) is 0 Å². The largest absolute Gasteiger partial charge is 0.304 e. The maximum atomic E-state index is 4.74. The zero-order valence-corrected chi connectivity index (χ0v) is 9.16. The van der Waals surface area contributed by atoms with E-state index < -0.39 is 0 Å². The van der Waals surface area contributed by atoms with E-state index in [4.69, 9.17) is 4.98 Å². The summed E-state index contributed by atoms with van der Waals surface area (Å²) < 4.78 is 2.27. The first-order valence-electron chi connectivity index (χ1n) is 5.81. The Morgan fingerprint density at radius 3 is 3.00 bits per heavy atom. The van der Waals surface area contributed by atoms with Gasteiger partial charge in [0, 0.05) is 11.9 Å². The number of aryl methyl sites for hydroxylation is 3. The molecule has 2 heteroatoms. The molecule has 2 aromatic rings. The van der Waals surface area contributed by atoms with Gasteiger partial charge in [0.1, 0.15) is 5.65 Å². The van der Waals surface area contributed by atoms with Gasteiger partial charge in [0.25, 0.3) is 0 Å². The van der Waals surface area contributed by atoms with Crippen LogP contribution in [0.4, 0.5) is 0 Å². The highest BCUT2D eigenvalue weighted by molar-refractivity contribution is 5.45. The molecule has 0 amide bonds. The summed E-state index contributed by atoms with van der Waals surface area (Å²) in [6, 6.07) is 4.34. The quantitative estimate of drug-likeness (QED) is 0.598. The van der Waals surface area contributed by atoms with Crippen molar-refractivity contribution in [2.45, 2.75) is 39.0 Å². The zero-order valence-electron chi connectivity index (χ0n) is 9.16. The number of nitrogens with zero attached hydrogens (tertiary/aromatic N) is 2. The molecule has 0 aromatic carbocycles. The highest BCUT2D eigenvalue weighted by Gasteiger charge is 2.14. The Morgan fingerprint density at radius 1 is 1.20 bits per heavy atom. The third kappa shape index (κ3) is 1.44. The first-order valence-corrected chi connectivity index (χ1v) is 5.81. The Labute approximate surface area is 90.0 Å². The van der Waals surface area contributed by atoms with Crippen LogP contribution in [-0.2, 0) is 12.8 Å². The Hall–Kier alpha value is -1.31. The van der Waals surface area contributed by atoms with Gasteiger partial charge in [0.05, 0.1) is 5.69 Å². The summed E-state index contributed by atoms with van der Waals surface area (Å²) in [5.74, 6) is 0. The van der Waals surface area contributed by atoms with Crippen molar-refractivity contribution in [1.29, 1.82) is 0 Å².